The molecule has 1 N–H and O–H groups in total. The van der Waals surface area contributed by atoms with Crippen LogP contribution in [0.4, 0.5) is 0 Å². The second-order valence-electron chi connectivity index (χ2n) is 5.74. The summed E-state index contributed by atoms with van der Waals surface area (Å²) in [5.41, 5.74) is -0.0864. The summed E-state index contributed by atoms with van der Waals surface area (Å²) >= 11 is 0. The van der Waals surface area contributed by atoms with Crippen LogP contribution < -0.4 is 0 Å². The molecular formula is C15H23NO4S. The third-order valence-electron chi connectivity index (χ3n) is 4.03. The number of carboxylic acid groups (broad SMARTS) is 1. The van der Waals surface area contributed by atoms with Gasteiger partial charge in [0.2, 0.25) is 0 Å². The van der Waals surface area contributed by atoms with Crippen molar-refractivity contribution in [1.82, 2.24) is 4.90 Å². The molecule has 0 fully saturated rings. The first-order valence-corrected chi connectivity index (χ1v) is 8.53. The molecule has 0 saturated heterocycles. The average molecular weight is 313 g/mol. The van der Waals surface area contributed by atoms with E-state index in [1.54, 1.807) is 0 Å². The van der Waals surface area contributed by atoms with Crippen molar-refractivity contribution < 1.29 is 18.3 Å². The van der Waals surface area contributed by atoms with Crippen LogP contribution in [0.3, 0.4) is 0 Å². The Kier molecular flexibility index (Phi) is 5.53. The number of carbonyl (C=O) groups is 1. The second-order valence-corrected chi connectivity index (χ2v) is 7.85. The van der Waals surface area contributed by atoms with Crippen molar-refractivity contribution in [2.75, 3.05) is 19.3 Å². The van der Waals surface area contributed by atoms with Crippen molar-refractivity contribution >= 4 is 15.8 Å². The quantitative estimate of drug-likeness (QED) is 0.836. The zero-order chi connectivity index (χ0) is 16.3. The zero-order valence-electron chi connectivity index (χ0n) is 13.0. The molecule has 0 bridgehead atoms. The molecule has 0 amide bonds. The van der Waals surface area contributed by atoms with E-state index < -0.39 is 15.8 Å². The lowest BCUT2D eigenvalue weighted by Gasteiger charge is -2.34. The van der Waals surface area contributed by atoms with E-state index in [-0.39, 0.29) is 21.8 Å². The van der Waals surface area contributed by atoms with E-state index in [1.807, 2.05) is 11.9 Å². The Hall–Kier alpha value is -1.40. The lowest BCUT2D eigenvalue weighted by molar-refractivity contribution is 0.0696. The van der Waals surface area contributed by atoms with Crippen molar-refractivity contribution in [2.45, 2.75) is 37.6 Å². The number of hydrogen-bond donors (Lipinski definition) is 1. The van der Waals surface area contributed by atoms with Gasteiger partial charge in [-0.05, 0) is 45.5 Å². The van der Waals surface area contributed by atoms with Gasteiger partial charge in [0.15, 0.2) is 9.84 Å². The van der Waals surface area contributed by atoms with Crippen LogP contribution in [0.1, 0.15) is 37.6 Å². The lowest BCUT2D eigenvalue weighted by atomic mass is 10.0. The van der Waals surface area contributed by atoms with E-state index >= 15 is 0 Å². The molecule has 0 spiro atoms. The summed E-state index contributed by atoms with van der Waals surface area (Å²) in [5.74, 6) is -1.16. The molecule has 1 rings (SSSR count). The standard InChI is InChI=1S/C15H23NO4S/c1-5-15(2,3)16(4)9-10-21(19,20)13-8-6-7-12(11-13)14(17)18/h6-8,11H,5,9-10H2,1-4H3,(H,17,18). The maximum Gasteiger partial charge on any atom is 0.335 e. The SMILES string of the molecule is CCC(C)(C)N(C)CCS(=O)(=O)c1cccc(C(=O)O)c1. The van der Waals surface area contributed by atoms with Gasteiger partial charge >= 0.3 is 5.97 Å². The van der Waals surface area contributed by atoms with Crippen molar-refractivity contribution in [2.24, 2.45) is 0 Å². The highest BCUT2D eigenvalue weighted by atomic mass is 32.2. The molecule has 0 aromatic heterocycles. The predicted octanol–water partition coefficient (Wildman–Crippen LogP) is 2.28. The zero-order valence-corrected chi connectivity index (χ0v) is 13.8. The van der Waals surface area contributed by atoms with Gasteiger partial charge in [-0.3, -0.25) is 0 Å². The van der Waals surface area contributed by atoms with Crippen LogP contribution in [0.15, 0.2) is 29.2 Å². The molecule has 1 aromatic carbocycles. The number of carboxylic acids is 1. The van der Waals surface area contributed by atoms with Gasteiger partial charge in [-0.25, -0.2) is 13.2 Å². The predicted molar refractivity (Wildman–Crippen MR) is 82.5 cm³/mol. The smallest absolute Gasteiger partial charge is 0.335 e. The second kappa shape index (κ2) is 6.58. The molecule has 0 aliphatic carbocycles. The van der Waals surface area contributed by atoms with Crippen molar-refractivity contribution in [1.29, 1.82) is 0 Å². The monoisotopic (exact) mass is 313 g/mol. The van der Waals surface area contributed by atoms with Crippen LogP contribution in [0.5, 0.6) is 0 Å². The summed E-state index contributed by atoms with van der Waals surface area (Å²) in [6, 6.07) is 5.49. The Morgan fingerprint density at radius 1 is 1.33 bits per heavy atom. The van der Waals surface area contributed by atoms with E-state index in [9.17, 15) is 13.2 Å². The van der Waals surface area contributed by atoms with E-state index in [1.165, 1.54) is 24.3 Å². The van der Waals surface area contributed by atoms with Gasteiger partial charge in [0.05, 0.1) is 16.2 Å². The maximum atomic E-state index is 12.3. The van der Waals surface area contributed by atoms with Crippen LogP contribution in [0.2, 0.25) is 0 Å². The summed E-state index contributed by atoms with van der Waals surface area (Å²) in [6.45, 7) is 6.58. The highest BCUT2D eigenvalue weighted by molar-refractivity contribution is 7.91. The Balaban J connectivity index is 2.88. The fourth-order valence-electron chi connectivity index (χ4n) is 1.77. The Bertz CT molecular complexity index is 608. The lowest BCUT2D eigenvalue weighted by Crippen LogP contribution is -2.42. The normalized spacial score (nSPS) is 12.6. The summed E-state index contributed by atoms with van der Waals surface area (Å²) in [6.07, 6.45) is 0.915. The minimum absolute atomic E-state index is 0.0154. The van der Waals surface area contributed by atoms with E-state index in [0.29, 0.717) is 6.54 Å². The molecule has 5 nitrogen and oxygen atoms in total. The average Bonchev–Trinajstić information content (AvgIpc) is 2.44. The van der Waals surface area contributed by atoms with E-state index in [4.69, 9.17) is 5.11 Å². The molecule has 0 saturated carbocycles. The van der Waals surface area contributed by atoms with Gasteiger partial charge in [-0.15, -0.1) is 0 Å². The number of nitrogens with zero attached hydrogens (tertiary/aromatic N) is 1. The molecule has 0 unspecified atom stereocenters. The largest absolute Gasteiger partial charge is 0.478 e. The van der Waals surface area contributed by atoms with Gasteiger partial charge < -0.3 is 10.0 Å². The summed E-state index contributed by atoms with van der Waals surface area (Å²) in [5, 5.41) is 8.93. The van der Waals surface area contributed by atoms with E-state index in [0.717, 1.165) is 6.42 Å². The van der Waals surface area contributed by atoms with Crippen LogP contribution in [0.25, 0.3) is 0 Å². The van der Waals surface area contributed by atoms with Crippen LogP contribution in [0, 0.1) is 0 Å². The molecule has 1 aromatic rings. The molecule has 6 heteroatoms. The maximum absolute atomic E-state index is 12.3. The van der Waals surface area contributed by atoms with Gasteiger partial charge in [0.25, 0.3) is 0 Å². The summed E-state index contributed by atoms with van der Waals surface area (Å²) in [7, 11) is -1.59. The highest BCUT2D eigenvalue weighted by Gasteiger charge is 2.24. The fourth-order valence-corrected chi connectivity index (χ4v) is 3.11. The molecule has 0 aliphatic heterocycles. The summed E-state index contributed by atoms with van der Waals surface area (Å²) < 4.78 is 24.6. The fraction of sp³-hybridized carbons (Fsp3) is 0.533. The summed E-state index contributed by atoms with van der Waals surface area (Å²) in [4.78, 5) is 13.0. The van der Waals surface area contributed by atoms with Gasteiger partial charge in [-0.1, -0.05) is 13.0 Å². The van der Waals surface area contributed by atoms with Crippen molar-refractivity contribution in [3.05, 3.63) is 29.8 Å². The number of aromatic carboxylic acids is 1. The Labute approximate surface area is 126 Å². The first kappa shape index (κ1) is 17.7. The molecule has 0 heterocycles. The number of sulfone groups is 1. The molecular weight excluding hydrogens is 290 g/mol. The van der Waals surface area contributed by atoms with Gasteiger partial charge in [0.1, 0.15) is 0 Å². The number of hydrogen-bond acceptors (Lipinski definition) is 4. The minimum atomic E-state index is -3.48. The number of benzene rings is 1. The molecule has 0 radical (unpaired) electrons. The minimum Gasteiger partial charge on any atom is -0.478 e. The van der Waals surface area contributed by atoms with Gasteiger partial charge in [-0.2, -0.15) is 0 Å². The molecule has 118 valence electrons. The van der Waals surface area contributed by atoms with Crippen molar-refractivity contribution in [3.63, 3.8) is 0 Å². The first-order chi connectivity index (χ1) is 9.60. The first-order valence-electron chi connectivity index (χ1n) is 6.87. The van der Waals surface area contributed by atoms with E-state index in [2.05, 4.69) is 20.8 Å². The topological polar surface area (TPSA) is 74.7 Å². The van der Waals surface area contributed by atoms with Crippen LogP contribution >= 0.6 is 0 Å². The third-order valence-corrected chi connectivity index (χ3v) is 5.73. The Morgan fingerprint density at radius 2 is 1.95 bits per heavy atom. The third kappa shape index (κ3) is 4.54. The van der Waals surface area contributed by atoms with Gasteiger partial charge in [0, 0.05) is 12.1 Å². The number of rotatable bonds is 7. The van der Waals surface area contributed by atoms with Crippen LogP contribution in [-0.2, 0) is 9.84 Å². The molecule has 0 aliphatic rings. The Morgan fingerprint density at radius 3 is 2.48 bits per heavy atom. The highest BCUT2D eigenvalue weighted by Crippen LogP contribution is 2.18. The van der Waals surface area contributed by atoms with Crippen LogP contribution in [-0.4, -0.2) is 49.3 Å². The molecule has 0 atom stereocenters. The molecule has 21 heavy (non-hydrogen) atoms. The van der Waals surface area contributed by atoms with Crippen molar-refractivity contribution in [3.8, 4) is 0 Å².